The van der Waals surface area contributed by atoms with Gasteiger partial charge in [0.1, 0.15) is 6.17 Å². The molecule has 4 heteroatoms. The standard InChI is InChI=1S/C9H16F3N/c1-6(2)7-3-13(4-8(7)10)5-9(11)12/h6-9H,3-5H2,1-2H3. The molecule has 2 atom stereocenters. The van der Waals surface area contributed by atoms with Crippen LogP contribution in [0.25, 0.3) is 0 Å². The van der Waals surface area contributed by atoms with E-state index in [0.29, 0.717) is 6.54 Å². The summed E-state index contributed by atoms with van der Waals surface area (Å²) in [6, 6.07) is 0. The Labute approximate surface area is 76.9 Å². The summed E-state index contributed by atoms with van der Waals surface area (Å²) in [5, 5.41) is 0. The van der Waals surface area contributed by atoms with Gasteiger partial charge in [-0.25, -0.2) is 13.2 Å². The first-order valence-electron chi connectivity index (χ1n) is 4.65. The van der Waals surface area contributed by atoms with Crippen LogP contribution in [0.5, 0.6) is 0 Å². The number of nitrogens with zero attached hydrogens (tertiary/aromatic N) is 1. The highest BCUT2D eigenvalue weighted by Gasteiger charge is 2.35. The fourth-order valence-corrected chi connectivity index (χ4v) is 1.84. The van der Waals surface area contributed by atoms with Gasteiger partial charge in [0.05, 0.1) is 6.54 Å². The van der Waals surface area contributed by atoms with Gasteiger partial charge in [-0.1, -0.05) is 13.8 Å². The van der Waals surface area contributed by atoms with Gasteiger partial charge in [-0.2, -0.15) is 0 Å². The van der Waals surface area contributed by atoms with Crippen molar-refractivity contribution in [3.05, 3.63) is 0 Å². The van der Waals surface area contributed by atoms with Crippen LogP contribution in [0.3, 0.4) is 0 Å². The second-order valence-electron chi connectivity index (χ2n) is 4.03. The topological polar surface area (TPSA) is 3.24 Å². The molecule has 1 rings (SSSR count). The molecule has 0 aromatic heterocycles. The fraction of sp³-hybridized carbons (Fsp3) is 1.00. The van der Waals surface area contributed by atoms with Crippen molar-refractivity contribution in [1.29, 1.82) is 0 Å². The third-order valence-corrected chi connectivity index (χ3v) is 2.62. The van der Waals surface area contributed by atoms with E-state index in [1.54, 1.807) is 0 Å². The molecule has 1 heterocycles. The molecule has 0 aromatic rings. The zero-order valence-corrected chi connectivity index (χ0v) is 8.01. The van der Waals surface area contributed by atoms with Crippen LogP contribution in [0, 0.1) is 11.8 Å². The van der Waals surface area contributed by atoms with E-state index in [-0.39, 0.29) is 24.9 Å². The minimum Gasteiger partial charge on any atom is -0.294 e. The zero-order chi connectivity index (χ0) is 10.0. The average Bonchev–Trinajstić information content (AvgIpc) is 2.29. The highest BCUT2D eigenvalue weighted by molar-refractivity contribution is 4.85. The van der Waals surface area contributed by atoms with Crippen LogP contribution >= 0.6 is 0 Å². The van der Waals surface area contributed by atoms with Gasteiger partial charge < -0.3 is 0 Å². The second-order valence-corrected chi connectivity index (χ2v) is 4.03. The molecule has 0 amide bonds. The highest BCUT2D eigenvalue weighted by Crippen LogP contribution is 2.26. The van der Waals surface area contributed by atoms with Gasteiger partial charge in [0, 0.05) is 19.0 Å². The molecule has 2 unspecified atom stereocenters. The Morgan fingerprint density at radius 2 is 1.92 bits per heavy atom. The summed E-state index contributed by atoms with van der Waals surface area (Å²) in [5.74, 6) is 0.163. The predicted molar refractivity (Wildman–Crippen MR) is 45.7 cm³/mol. The number of halogens is 3. The van der Waals surface area contributed by atoms with E-state index in [0.717, 1.165) is 0 Å². The first-order valence-corrected chi connectivity index (χ1v) is 4.65. The summed E-state index contributed by atoms with van der Waals surface area (Å²) in [7, 11) is 0. The molecule has 1 fully saturated rings. The van der Waals surface area contributed by atoms with Crippen molar-refractivity contribution < 1.29 is 13.2 Å². The SMILES string of the molecule is CC(C)C1CN(CC(F)F)CC1F. The number of likely N-dealkylation sites (tertiary alicyclic amines) is 1. The van der Waals surface area contributed by atoms with Crippen molar-refractivity contribution in [2.24, 2.45) is 11.8 Å². The molecule has 0 aliphatic carbocycles. The van der Waals surface area contributed by atoms with Crippen LogP contribution in [-0.4, -0.2) is 37.1 Å². The maximum absolute atomic E-state index is 13.3. The van der Waals surface area contributed by atoms with Crippen molar-refractivity contribution in [1.82, 2.24) is 4.90 Å². The first kappa shape index (κ1) is 10.8. The lowest BCUT2D eigenvalue weighted by Crippen LogP contribution is -2.27. The molecule has 0 aromatic carbocycles. The first-order chi connectivity index (χ1) is 6.00. The van der Waals surface area contributed by atoms with Crippen LogP contribution in [-0.2, 0) is 0 Å². The van der Waals surface area contributed by atoms with E-state index in [2.05, 4.69) is 0 Å². The summed E-state index contributed by atoms with van der Waals surface area (Å²) in [6.07, 6.45) is -3.28. The summed E-state index contributed by atoms with van der Waals surface area (Å²) in [5.41, 5.74) is 0. The van der Waals surface area contributed by atoms with Crippen molar-refractivity contribution in [2.45, 2.75) is 26.4 Å². The quantitative estimate of drug-likeness (QED) is 0.667. The molecule has 0 saturated carbocycles. The maximum Gasteiger partial charge on any atom is 0.251 e. The Morgan fingerprint density at radius 1 is 1.31 bits per heavy atom. The molecule has 78 valence electrons. The summed E-state index contributed by atoms with van der Waals surface area (Å²) < 4.78 is 37.2. The highest BCUT2D eigenvalue weighted by atomic mass is 19.3. The lowest BCUT2D eigenvalue weighted by atomic mass is 9.94. The third-order valence-electron chi connectivity index (χ3n) is 2.62. The van der Waals surface area contributed by atoms with Crippen LogP contribution in [0.1, 0.15) is 13.8 Å². The zero-order valence-electron chi connectivity index (χ0n) is 8.01. The van der Waals surface area contributed by atoms with Crippen molar-refractivity contribution >= 4 is 0 Å². The Hall–Kier alpha value is -0.250. The van der Waals surface area contributed by atoms with E-state index in [9.17, 15) is 13.2 Å². The number of alkyl halides is 3. The molecule has 1 aliphatic rings. The van der Waals surface area contributed by atoms with Crippen molar-refractivity contribution in [2.75, 3.05) is 19.6 Å². The van der Waals surface area contributed by atoms with Crippen molar-refractivity contribution in [3.8, 4) is 0 Å². The molecule has 1 aliphatic heterocycles. The van der Waals surface area contributed by atoms with Gasteiger partial charge in [0.15, 0.2) is 0 Å². The Balaban J connectivity index is 2.40. The Morgan fingerprint density at radius 3 is 2.31 bits per heavy atom. The summed E-state index contributed by atoms with van der Waals surface area (Å²) in [4.78, 5) is 1.51. The molecule has 1 saturated heterocycles. The van der Waals surface area contributed by atoms with E-state index in [4.69, 9.17) is 0 Å². The molecule has 0 N–H and O–H groups in total. The normalized spacial score (nSPS) is 30.7. The van der Waals surface area contributed by atoms with Gasteiger partial charge in [-0.15, -0.1) is 0 Å². The van der Waals surface area contributed by atoms with Crippen molar-refractivity contribution in [3.63, 3.8) is 0 Å². The van der Waals surface area contributed by atoms with E-state index in [1.165, 1.54) is 4.90 Å². The van der Waals surface area contributed by atoms with Crippen LogP contribution < -0.4 is 0 Å². The van der Waals surface area contributed by atoms with Gasteiger partial charge in [-0.05, 0) is 5.92 Å². The summed E-state index contributed by atoms with van der Waals surface area (Å²) in [6.45, 7) is 4.23. The number of hydrogen-bond donors (Lipinski definition) is 0. The Kier molecular flexibility index (Phi) is 3.59. The summed E-state index contributed by atoms with van der Waals surface area (Å²) >= 11 is 0. The second kappa shape index (κ2) is 4.31. The van der Waals surface area contributed by atoms with Crippen LogP contribution in [0.15, 0.2) is 0 Å². The predicted octanol–water partition coefficient (Wildman–Crippen LogP) is 2.18. The fourth-order valence-electron chi connectivity index (χ4n) is 1.84. The van der Waals surface area contributed by atoms with E-state index in [1.807, 2.05) is 13.8 Å². The molecular formula is C9H16F3N. The minimum absolute atomic E-state index is 0.0706. The lowest BCUT2D eigenvalue weighted by molar-refractivity contribution is 0.0956. The maximum atomic E-state index is 13.3. The molecule has 0 spiro atoms. The number of rotatable bonds is 3. The van der Waals surface area contributed by atoms with Gasteiger partial charge in [-0.3, -0.25) is 4.90 Å². The molecule has 0 bridgehead atoms. The average molecular weight is 195 g/mol. The van der Waals surface area contributed by atoms with Crippen LogP contribution in [0.4, 0.5) is 13.2 Å². The van der Waals surface area contributed by atoms with E-state index < -0.39 is 12.6 Å². The number of hydrogen-bond acceptors (Lipinski definition) is 1. The van der Waals surface area contributed by atoms with Crippen LogP contribution in [0.2, 0.25) is 0 Å². The largest absolute Gasteiger partial charge is 0.294 e. The monoisotopic (exact) mass is 195 g/mol. The molecule has 13 heavy (non-hydrogen) atoms. The lowest BCUT2D eigenvalue weighted by Gasteiger charge is -2.16. The molecule has 0 radical (unpaired) electrons. The van der Waals surface area contributed by atoms with E-state index >= 15 is 0 Å². The molecular weight excluding hydrogens is 179 g/mol. The van der Waals surface area contributed by atoms with Gasteiger partial charge in [0.2, 0.25) is 0 Å². The molecule has 1 nitrogen and oxygen atoms in total. The van der Waals surface area contributed by atoms with Gasteiger partial charge >= 0.3 is 0 Å². The van der Waals surface area contributed by atoms with Gasteiger partial charge in [0.25, 0.3) is 6.43 Å². The smallest absolute Gasteiger partial charge is 0.251 e. The minimum atomic E-state index is -2.35. The Bertz CT molecular complexity index is 161. The third kappa shape index (κ3) is 2.86.